The molecule has 1 aromatic rings. The van der Waals surface area contributed by atoms with E-state index in [-0.39, 0.29) is 34.9 Å². The van der Waals surface area contributed by atoms with Crippen LogP contribution in [0.15, 0.2) is 18.2 Å². The van der Waals surface area contributed by atoms with Gasteiger partial charge in [-0.2, -0.15) is 5.26 Å². The van der Waals surface area contributed by atoms with Gasteiger partial charge in [0.15, 0.2) is 0 Å². The summed E-state index contributed by atoms with van der Waals surface area (Å²) >= 11 is 0. The van der Waals surface area contributed by atoms with E-state index in [2.05, 4.69) is 0 Å². The smallest absolute Gasteiger partial charge is 0.237 e. The van der Waals surface area contributed by atoms with Gasteiger partial charge in [-0.3, -0.25) is 9.59 Å². The second-order valence-corrected chi connectivity index (χ2v) is 5.26. The van der Waals surface area contributed by atoms with Crippen LogP contribution in [0.5, 0.6) is 0 Å². The van der Waals surface area contributed by atoms with Crippen LogP contribution in [0.25, 0.3) is 0 Å². The summed E-state index contributed by atoms with van der Waals surface area (Å²) in [5.74, 6) is -1.89. The molecule has 5 heteroatoms. The Morgan fingerprint density at radius 2 is 1.75 bits per heavy atom. The molecule has 1 saturated carbocycles. The average Bonchev–Trinajstić information content (AvgIpc) is 2.71. The lowest BCUT2D eigenvalue weighted by Gasteiger charge is -2.19. The molecule has 1 aliphatic carbocycles. The van der Waals surface area contributed by atoms with E-state index in [1.165, 1.54) is 12.1 Å². The van der Waals surface area contributed by atoms with Crippen LogP contribution >= 0.6 is 0 Å². The van der Waals surface area contributed by atoms with Gasteiger partial charge in [-0.25, -0.2) is 9.29 Å². The van der Waals surface area contributed by atoms with Gasteiger partial charge in [0.1, 0.15) is 17.4 Å². The fourth-order valence-electron chi connectivity index (χ4n) is 3.21. The van der Waals surface area contributed by atoms with Crippen LogP contribution in [0.3, 0.4) is 0 Å². The highest BCUT2D eigenvalue weighted by Crippen LogP contribution is 2.40. The lowest BCUT2D eigenvalue weighted by atomic mass is 9.81. The minimum atomic E-state index is -0.708. The van der Waals surface area contributed by atoms with Crippen molar-refractivity contribution in [3.63, 3.8) is 0 Å². The van der Waals surface area contributed by atoms with Crippen molar-refractivity contribution in [1.82, 2.24) is 0 Å². The molecule has 1 saturated heterocycles. The highest BCUT2D eigenvalue weighted by atomic mass is 19.1. The molecule has 4 nitrogen and oxygen atoms in total. The van der Waals surface area contributed by atoms with Gasteiger partial charge >= 0.3 is 0 Å². The zero-order chi connectivity index (χ0) is 14.3. The first kappa shape index (κ1) is 12.8. The van der Waals surface area contributed by atoms with Crippen LogP contribution in [0.4, 0.5) is 10.1 Å². The van der Waals surface area contributed by atoms with Gasteiger partial charge in [0.2, 0.25) is 11.8 Å². The van der Waals surface area contributed by atoms with E-state index in [4.69, 9.17) is 5.26 Å². The van der Waals surface area contributed by atoms with E-state index >= 15 is 0 Å². The Morgan fingerprint density at radius 3 is 2.30 bits per heavy atom. The molecule has 0 radical (unpaired) electrons. The van der Waals surface area contributed by atoms with Gasteiger partial charge in [-0.05, 0) is 25.0 Å². The standard InChI is InChI=1S/C15H13FN2O2/c16-12-6-3-7-13(11(12)8-17)18-14(19)9-4-1-2-5-10(9)15(18)20/h3,6-7,9-10H,1-2,4-5H2. The molecule has 0 N–H and O–H groups in total. The zero-order valence-electron chi connectivity index (χ0n) is 10.8. The van der Waals surface area contributed by atoms with Gasteiger partial charge in [0.05, 0.1) is 17.5 Å². The third-order valence-electron chi connectivity index (χ3n) is 4.19. The molecule has 0 aromatic heterocycles. The van der Waals surface area contributed by atoms with Crippen molar-refractivity contribution in [3.05, 3.63) is 29.6 Å². The lowest BCUT2D eigenvalue weighted by Crippen LogP contribution is -2.31. The summed E-state index contributed by atoms with van der Waals surface area (Å²) in [6, 6.07) is 5.76. The molecule has 1 aromatic carbocycles. The zero-order valence-corrected chi connectivity index (χ0v) is 10.8. The number of amides is 2. The van der Waals surface area contributed by atoms with Gasteiger partial charge < -0.3 is 0 Å². The molecule has 102 valence electrons. The number of imide groups is 1. The van der Waals surface area contributed by atoms with E-state index < -0.39 is 5.82 Å². The second kappa shape index (κ2) is 4.71. The predicted octanol–water partition coefficient (Wildman–Crippen LogP) is 2.38. The number of nitrogens with zero attached hydrogens (tertiary/aromatic N) is 2. The third kappa shape index (κ3) is 1.72. The normalized spacial score (nSPS) is 25.5. The highest BCUT2D eigenvalue weighted by molar-refractivity contribution is 6.22. The maximum Gasteiger partial charge on any atom is 0.237 e. The molecule has 0 bridgehead atoms. The van der Waals surface area contributed by atoms with Crippen LogP contribution in [0.1, 0.15) is 31.2 Å². The number of carbonyl (C=O) groups is 2. The Morgan fingerprint density at radius 1 is 1.15 bits per heavy atom. The Bertz CT molecular complexity index is 611. The van der Waals surface area contributed by atoms with Gasteiger partial charge in [0.25, 0.3) is 0 Å². The molecular weight excluding hydrogens is 259 g/mol. The van der Waals surface area contributed by atoms with Crippen molar-refractivity contribution in [2.24, 2.45) is 11.8 Å². The van der Waals surface area contributed by atoms with E-state index in [0.29, 0.717) is 12.8 Å². The SMILES string of the molecule is N#Cc1c(F)cccc1N1C(=O)C2CCCCC2C1=O. The van der Waals surface area contributed by atoms with E-state index in [0.717, 1.165) is 23.8 Å². The quantitative estimate of drug-likeness (QED) is 0.737. The number of carbonyl (C=O) groups excluding carboxylic acids is 2. The molecule has 2 aliphatic rings. The summed E-state index contributed by atoms with van der Waals surface area (Å²) in [5.41, 5.74) is -0.162. The van der Waals surface area contributed by atoms with Crippen LogP contribution < -0.4 is 4.90 Å². The van der Waals surface area contributed by atoms with Crippen molar-refractivity contribution in [2.45, 2.75) is 25.7 Å². The molecule has 2 unspecified atom stereocenters. The maximum absolute atomic E-state index is 13.7. The maximum atomic E-state index is 13.7. The van der Waals surface area contributed by atoms with Gasteiger partial charge in [-0.1, -0.05) is 18.9 Å². The largest absolute Gasteiger partial charge is 0.274 e. The van der Waals surface area contributed by atoms with Crippen LogP contribution in [-0.4, -0.2) is 11.8 Å². The molecule has 0 spiro atoms. The lowest BCUT2D eigenvalue weighted by molar-refractivity contribution is -0.122. The molecule has 3 rings (SSSR count). The van der Waals surface area contributed by atoms with E-state index in [1.54, 1.807) is 6.07 Å². The molecule has 2 atom stereocenters. The highest BCUT2D eigenvalue weighted by Gasteiger charge is 2.49. The summed E-state index contributed by atoms with van der Waals surface area (Å²) in [7, 11) is 0. The molecule has 20 heavy (non-hydrogen) atoms. The fraction of sp³-hybridized carbons (Fsp3) is 0.400. The van der Waals surface area contributed by atoms with Crippen molar-refractivity contribution in [3.8, 4) is 6.07 Å². The topological polar surface area (TPSA) is 61.2 Å². The van der Waals surface area contributed by atoms with Crippen LogP contribution in [0, 0.1) is 29.0 Å². The number of rotatable bonds is 1. The first-order valence-corrected chi connectivity index (χ1v) is 6.71. The minimum Gasteiger partial charge on any atom is -0.274 e. The average molecular weight is 272 g/mol. The van der Waals surface area contributed by atoms with Gasteiger partial charge in [0, 0.05) is 0 Å². The number of anilines is 1. The predicted molar refractivity (Wildman–Crippen MR) is 69.1 cm³/mol. The van der Waals surface area contributed by atoms with Crippen LogP contribution in [-0.2, 0) is 9.59 Å². The van der Waals surface area contributed by atoms with Crippen molar-refractivity contribution in [2.75, 3.05) is 4.90 Å². The summed E-state index contributed by atoms with van der Waals surface area (Å²) in [6.07, 6.45) is 3.26. The summed E-state index contributed by atoms with van der Waals surface area (Å²) in [4.78, 5) is 25.8. The summed E-state index contributed by atoms with van der Waals surface area (Å²) < 4.78 is 13.7. The van der Waals surface area contributed by atoms with Gasteiger partial charge in [-0.15, -0.1) is 0 Å². The van der Waals surface area contributed by atoms with Crippen molar-refractivity contribution >= 4 is 17.5 Å². The fourth-order valence-corrected chi connectivity index (χ4v) is 3.21. The first-order chi connectivity index (χ1) is 9.65. The Balaban J connectivity index is 2.07. The first-order valence-electron chi connectivity index (χ1n) is 6.71. The van der Waals surface area contributed by atoms with Crippen molar-refractivity contribution in [1.29, 1.82) is 5.26 Å². The molecular formula is C15H13FN2O2. The van der Waals surface area contributed by atoms with E-state index in [1.807, 2.05) is 0 Å². The summed E-state index contributed by atoms with van der Waals surface area (Å²) in [5, 5.41) is 9.05. The van der Waals surface area contributed by atoms with Crippen molar-refractivity contribution < 1.29 is 14.0 Å². The Kier molecular flexibility index (Phi) is 3.01. The minimum absolute atomic E-state index is 0.0805. The number of nitriles is 1. The Hall–Kier alpha value is -2.22. The molecule has 2 fully saturated rings. The number of hydrogen-bond acceptors (Lipinski definition) is 3. The molecule has 2 amide bonds. The molecule has 1 aliphatic heterocycles. The Labute approximate surface area is 115 Å². The molecule has 1 heterocycles. The van der Waals surface area contributed by atoms with Crippen LogP contribution in [0.2, 0.25) is 0 Å². The second-order valence-electron chi connectivity index (χ2n) is 5.26. The number of halogens is 1. The monoisotopic (exact) mass is 272 g/mol. The number of benzene rings is 1. The van der Waals surface area contributed by atoms with E-state index in [9.17, 15) is 14.0 Å². The number of hydrogen-bond donors (Lipinski definition) is 0. The number of fused-ring (bicyclic) bond motifs is 1. The summed E-state index contributed by atoms with van der Waals surface area (Å²) in [6.45, 7) is 0. The third-order valence-corrected chi connectivity index (χ3v) is 4.19.